The molecule has 0 saturated carbocycles. The zero-order valence-corrected chi connectivity index (χ0v) is 10.6. The van der Waals surface area contributed by atoms with Crippen LogP contribution < -0.4 is 9.47 Å². The molecule has 4 heteroatoms. The molecule has 0 amide bonds. The Morgan fingerprint density at radius 2 is 1.75 bits per heavy atom. The van der Waals surface area contributed by atoms with Crippen molar-refractivity contribution in [3.8, 4) is 11.5 Å². The quantitative estimate of drug-likeness (QED) is 0.602. The SMILES string of the molecule is COc1ccc(C(=O)C(C)(C)Cl)cc1OC. The molecule has 0 atom stereocenters. The van der Waals surface area contributed by atoms with Crippen molar-refractivity contribution in [2.24, 2.45) is 0 Å². The van der Waals surface area contributed by atoms with Gasteiger partial charge < -0.3 is 9.47 Å². The van der Waals surface area contributed by atoms with Crippen LogP contribution in [-0.2, 0) is 0 Å². The summed E-state index contributed by atoms with van der Waals surface area (Å²) in [5.74, 6) is 0.968. The summed E-state index contributed by atoms with van der Waals surface area (Å²) in [5.41, 5.74) is 0.512. The average Bonchev–Trinajstić information content (AvgIpc) is 2.25. The first-order valence-corrected chi connectivity index (χ1v) is 5.23. The molecule has 0 aliphatic rings. The van der Waals surface area contributed by atoms with E-state index in [1.807, 2.05) is 0 Å². The molecule has 3 nitrogen and oxygen atoms in total. The normalized spacial score (nSPS) is 11.1. The summed E-state index contributed by atoms with van der Waals surface area (Å²) < 4.78 is 10.2. The van der Waals surface area contributed by atoms with Crippen LogP contribution in [0.5, 0.6) is 11.5 Å². The lowest BCUT2D eigenvalue weighted by atomic mass is 10.00. The molecule has 0 aliphatic carbocycles. The number of methoxy groups -OCH3 is 2. The molecule has 0 saturated heterocycles. The molecule has 0 N–H and O–H groups in total. The molecule has 0 bridgehead atoms. The highest BCUT2D eigenvalue weighted by molar-refractivity contribution is 6.37. The van der Waals surface area contributed by atoms with E-state index in [1.165, 1.54) is 7.11 Å². The number of ether oxygens (including phenoxy) is 2. The Balaban J connectivity index is 3.13. The van der Waals surface area contributed by atoms with Crippen molar-refractivity contribution in [3.05, 3.63) is 23.8 Å². The third kappa shape index (κ3) is 2.67. The van der Waals surface area contributed by atoms with Crippen molar-refractivity contribution >= 4 is 17.4 Å². The predicted molar refractivity (Wildman–Crippen MR) is 63.8 cm³/mol. The zero-order valence-electron chi connectivity index (χ0n) is 9.83. The van der Waals surface area contributed by atoms with Gasteiger partial charge in [-0.3, -0.25) is 4.79 Å². The highest BCUT2D eigenvalue weighted by Crippen LogP contribution is 2.30. The number of alkyl halides is 1. The number of ketones is 1. The Kier molecular flexibility index (Phi) is 3.81. The molecule has 0 radical (unpaired) electrons. The van der Waals surface area contributed by atoms with Gasteiger partial charge in [0.05, 0.1) is 14.2 Å². The monoisotopic (exact) mass is 242 g/mol. The Morgan fingerprint density at radius 1 is 1.19 bits per heavy atom. The van der Waals surface area contributed by atoms with Crippen LogP contribution in [0, 0.1) is 0 Å². The van der Waals surface area contributed by atoms with Crippen LogP contribution in [-0.4, -0.2) is 24.9 Å². The zero-order chi connectivity index (χ0) is 12.3. The van der Waals surface area contributed by atoms with Crippen molar-refractivity contribution in [2.75, 3.05) is 14.2 Å². The van der Waals surface area contributed by atoms with Gasteiger partial charge in [-0.2, -0.15) is 0 Å². The van der Waals surface area contributed by atoms with Crippen molar-refractivity contribution in [1.82, 2.24) is 0 Å². The highest BCUT2D eigenvalue weighted by Gasteiger charge is 2.26. The Labute approximate surface area is 100 Å². The fraction of sp³-hybridized carbons (Fsp3) is 0.417. The third-order valence-electron chi connectivity index (χ3n) is 2.19. The molecule has 0 heterocycles. The average molecular weight is 243 g/mol. The van der Waals surface area contributed by atoms with Gasteiger partial charge in [-0.05, 0) is 32.0 Å². The molecular weight excluding hydrogens is 228 g/mol. The van der Waals surface area contributed by atoms with E-state index >= 15 is 0 Å². The minimum Gasteiger partial charge on any atom is -0.493 e. The second-order valence-corrected chi connectivity index (χ2v) is 4.82. The molecule has 1 aromatic rings. The van der Waals surface area contributed by atoms with Gasteiger partial charge in [-0.25, -0.2) is 0 Å². The Morgan fingerprint density at radius 3 is 2.19 bits per heavy atom. The van der Waals surface area contributed by atoms with Crippen molar-refractivity contribution in [1.29, 1.82) is 0 Å². The van der Waals surface area contributed by atoms with E-state index < -0.39 is 4.87 Å². The van der Waals surface area contributed by atoms with E-state index in [-0.39, 0.29) is 5.78 Å². The topological polar surface area (TPSA) is 35.5 Å². The first-order chi connectivity index (χ1) is 7.40. The molecule has 0 unspecified atom stereocenters. The maximum Gasteiger partial charge on any atom is 0.183 e. The van der Waals surface area contributed by atoms with E-state index in [1.54, 1.807) is 39.2 Å². The van der Waals surface area contributed by atoms with E-state index in [0.717, 1.165) is 0 Å². The van der Waals surface area contributed by atoms with Gasteiger partial charge in [0.15, 0.2) is 17.3 Å². The summed E-state index contributed by atoms with van der Waals surface area (Å²) in [4.78, 5) is 11.0. The molecule has 0 aliphatic heterocycles. The lowest BCUT2D eigenvalue weighted by molar-refractivity contribution is 0.0954. The summed E-state index contributed by atoms with van der Waals surface area (Å²) >= 11 is 5.97. The van der Waals surface area contributed by atoms with Crippen LogP contribution in [0.25, 0.3) is 0 Å². The van der Waals surface area contributed by atoms with Gasteiger partial charge in [-0.15, -0.1) is 11.6 Å². The summed E-state index contributed by atoms with van der Waals surface area (Å²) in [7, 11) is 3.07. The summed E-state index contributed by atoms with van der Waals surface area (Å²) in [6, 6.07) is 4.99. The molecule has 88 valence electrons. The van der Waals surface area contributed by atoms with Crippen LogP contribution in [0.4, 0.5) is 0 Å². The minimum absolute atomic E-state index is 0.143. The second kappa shape index (κ2) is 4.74. The fourth-order valence-corrected chi connectivity index (χ4v) is 1.43. The summed E-state index contributed by atoms with van der Waals surface area (Å²) in [5, 5.41) is 0. The first kappa shape index (κ1) is 12.8. The molecule has 1 aromatic carbocycles. The molecular formula is C12H15ClO3. The maximum absolute atomic E-state index is 11.9. The van der Waals surface area contributed by atoms with Crippen LogP contribution >= 0.6 is 11.6 Å². The fourth-order valence-electron chi connectivity index (χ4n) is 1.32. The van der Waals surface area contributed by atoms with E-state index in [2.05, 4.69) is 0 Å². The maximum atomic E-state index is 11.9. The van der Waals surface area contributed by atoms with Gasteiger partial charge in [0.2, 0.25) is 0 Å². The summed E-state index contributed by atoms with van der Waals surface area (Å²) in [6.07, 6.45) is 0. The van der Waals surface area contributed by atoms with Crippen molar-refractivity contribution in [2.45, 2.75) is 18.7 Å². The minimum atomic E-state index is -0.917. The van der Waals surface area contributed by atoms with E-state index in [9.17, 15) is 4.79 Å². The number of rotatable bonds is 4. The number of hydrogen-bond donors (Lipinski definition) is 0. The lowest BCUT2D eigenvalue weighted by Crippen LogP contribution is -2.24. The van der Waals surface area contributed by atoms with Crippen molar-refractivity contribution in [3.63, 3.8) is 0 Å². The molecule has 0 aromatic heterocycles. The van der Waals surface area contributed by atoms with Crippen LogP contribution in [0.2, 0.25) is 0 Å². The van der Waals surface area contributed by atoms with Gasteiger partial charge in [0.25, 0.3) is 0 Å². The third-order valence-corrected chi connectivity index (χ3v) is 2.36. The Hall–Kier alpha value is -1.22. The van der Waals surface area contributed by atoms with E-state index in [4.69, 9.17) is 21.1 Å². The standard InChI is InChI=1S/C12H15ClO3/c1-12(2,13)11(14)8-5-6-9(15-3)10(7-8)16-4/h5-7H,1-4H3. The van der Waals surface area contributed by atoms with Gasteiger partial charge in [0.1, 0.15) is 4.87 Å². The largest absolute Gasteiger partial charge is 0.493 e. The van der Waals surface area contributed by atoms with Gasteiger partial charge in [0, 0.05) is 5.56 Å². The number of carbonyl (C=O) groups excluding carboxylic acids is 1. The van der Waals surface area contributed by atoms with Crippen LogP contribution in [0.3, 0.4) is 0 Å². The van der Waals surface area contributed by atoms with E-state index in [0.29, 0.717) is 17.1 Å². The number of benzene rings is 1. The molecule has 0 spiro atoms. The second-order valence-electron chi connectivity index (χ2n) is 3.87. The lowest BCUT2D eigenvalue weighted by Gasteiger charge is -2.15. The number of Topliss-reactive ketones (excluding diaryl/α,β-unsaturated/α-hetero) is 1. The molecule has 1 rings (SSSR count). The van der Waals surface area contributed by atoms with Crippen molar-refractivity contribution < 1.29 is 14.3 Å². The Bertz CT molecular complexity index is 394. The number of hydrogen-bond acceptors (Lipinski definition) is 3. The first-order valence-electron chi connectivity index (χ1n) is 4.86. The smallest absolute Gasteiger partial charge is 0.183 e. The van der Waals surface area contributed by atoms with Gasteiger partial charge >= 0.3 is 0 Å². The van der Waals surface area contributed by atoms with Gasteiger partial charge in [-0.1, -0.05) is 0 Å². The molecule has 0 fully saturated rings. The van der Waals surface area contributed by atoms with Crippen LogP contribution in [0.1, 0.15) is 24.2 Å². The number of halogens is 1. The predicted octanol–water partition coefficient (Wildman–Crippen LogP) is 2.90. The highest BCUT2D eigenvalue weighted by atomic mass is 35.5. The van der Waals surface area contributed by atoms with Crippen LogP contribution in [0.15, 0.2) is 18.2 Å². The molecule has 16 heavy (non-hydrogen) atoms. The summed E-state index contributed by atoms with van der Waals surface area (Å²) in [6.45, 7) is 3.32. The number of carbonyl (C=O) groups is 1.